The summed E-state index contributed by atoms with van der Waals surface area (Å²) < 4.78 is 38.1. The predicted octanol–water partition coefficient (Wildman–Crippen LogP) is 3.27. The minimum Gasteiger partial charge on any atom is -0.326 e. The molecule has 1 N–H and O–H groups in total. The Morgan fingerprint density at radius 2 is 1.88 bits per heavy atom. The van der Waals surface area contributed by atoms with E-state index in [2.05, 4.69) is 5.32 Å². The first-order valence-electron chi connectivity index (χ1n) is 7.04. The summed E-state index contributed by atoms with van der Waals surface area (Å²) in [5.74, 6) is -0.880. The molecule has 24 heavy (non-hydrogen) atoms. The smallest absolute Gasteiger partial charge is 0.232 e. The molecule has 0 radical (unpaired) electrons. The van der Waals surface area contributed by atoms with Gasteiger partial charge in [-0.25, -0.2) is 12.8 Å². The van der Waals surface area contributed by atoms with Crippen LogP contribution in [0.3, 0.4) is 0 Å². The average molecular weight is 371 g/mol. The number of sulfonamides is 1. The lowest BCUT2D eigenvalue weighted by Gasteiger charge is -2.22. The maximum atomic E-state index is 13.1. The van der Waals surface area contributed by atoms with Gasteiger partial charge in [0.2, 0.25) is 15.9 Å². The standard InChI is InChI=1S/C16H16ClFN2O3S/c1-24(22,23)20(15-7-5-12(17)6-8-15)10-9-16(21)19-14-4-2-3-13(18)11-14/h2-8,11H,9-10H2,1H3,(H,19,21). The van der Waals surface area contributed by atoms with Crippen molar-refractivity contribution in [3.8, 4) is 0 Å². The number of amides is 1. The van der Waals surface area contributed by atoms with Gasteiger partial charge < -0.3 is 5.32 Å². The Balaban J connectivity index is 2.05. The van der Waals surface area contributed by atoms with E-state index < -0.39 is 21.7 Å². The largest absolute Gasteiger partial charge is 0.326 e. The highest BCUT2D eigenvalue weighted by atomic mass is 35.5. The van der Waals surface area contributed by atoms with Crippen LogP contribution in [0.1, 0.15) is 6.42 Å². The van der Waals surface area contributed by atoms with Gasteiger partial charge in [-0.05, 0) is 42.5 Å². The third kappa shape index (κ3) is 5.21. The van der Waals surface area contributed by atoms with Crippen LogP contribution < -0.4 is 9.62 Å². The van der Waals surface area contributed by atoms with Crippen molar-refractivity contribution in [3.63, 3.8) is 0 Å². The Kier molecular flexibility index (Phi) is 5.80. The van der Waals surface area contributed by atoms with Crippen LogP contribution in [0.15, 0.2) is 48.5 Å². The highest BCUT2D eigenvalue weighted by Gasteiger charge is 2.18. The Labute approximate surface area is 145 Å². The third-order valence-corrected chi connectivity index (χ3v) is 4.61. The molecule has 8 heteroatoms. The molecular formula is C16H16ClFN2O3S. The highest BCUT2D eigenvalue weighted by molar-refractivity contribution is 7.92. The van der Waals surface area contributed by atoms with Gasteiger partial charge in [-0.1, -0.05) is 17.7 Å². The second-order valence-electron chi connectivity index (χ2n) is 5.12. The number of rotatable bonds is 6. The lowest BCUT2D eigenvalue weighted by Crippen LogP contribution is -2.33. The first-order valence-corrected chi connectivity index (χ1v) is 9.27. The minimum atomic E-state index is -3.56. The van der Waals surface area contributed by atoms with E-state index in [1.807, 2.05) is 0 Å². The van der Waals surface area contributed by atoms with E-state index >= 15 is 0 Å². The Morgan fingerprint density at radius 3 is 2.46 bits per heavy atom. The summed E-state index contributed by atoms with van der Waals surface area (Å²) in [5, 5.41) is 3.01. The van der Waals surface area contributed by atoms with Crippen LogP contribution in [0.2, 0.25) is 5.02 Å². The molecule has 2 rings (SSSR count). The number of hydrogen-bond donors (Lipinski definition) is 1. The molecule has 0 bridgehead atoms. The Hall–Kier alpha value is -2.12. The van der Waals surface area contributed by atoms with Crippen molar-refractivity contribution in [2.75, 3.05) is 22.4 Å². The van der Waals surface area contributed by atoms with Gasteiger partial charge in [-0.2, -0.15) is 0 Å². The van der Waals surface area contributed by atoms with Gasteiger partial charge in [0.25, 0.3) is 0 Å². The average Bonchev–Trinajstić information content (AvgIpc) is 2.48. The maximum absolute atomic E-state index is 13.1. The molecule has 0 unspecified atom stereocenters. The molecule has 0 saturated carbocycles. The molecule has 2 aromatic carbocycles. The topological polar surface area (TPSA) is 66.5 Å². The van der Waals surface area contributed by atoms with Crippen LogP contribution in [0.25, 0.3) is 0 Å². The number of anilines is 2. The molecule has 0 aromatic heterocycles. The van der Waals surface area contributed by atoms with Crippen molar-refractivity contribution in [1.82, 2.24) is 0 Å². The number of carbonyl (C=O) groups excluding carboxylic acids is 1. The van der Waals surface area contributed by atoms with Gasteiger partial charge in [-0.3, -0.25) is 9.10 Å². The number of benzene rings is 2. The van der Waals surface area contributed by atoms with Crippen molar-refractivity contribution < 1.29 is 17.6 Å². The minimum absolute atomic E-state index is 0.0401. The van der Waals surface area contributed by atoms with E-state index in [9.17, 15) is 17.6 Å². The SMILES string of the molecule is CS(=O)(=O)N(CCC(=O)Nc1cccc(F)c1)c1ccc(Cl)cc1. The molecule has 2 aromatic rings. The molecule has 0 aliphatic rings. The fraction of sp³-hybridized carbons (Fsp3) is 0.188. The summed E-state index contributed by atoms with van der Waals surface area (Å²) in [6.07, 6.45) is 0.984. The van der Waals surface area contributed by atoms with Crippen LogP contribution in [-0.4, -0.2) is 27.1 Å². The molecule has 1 amide bonds. The zero-order valence-corrected chi connectivity index (χ0v) is 14.4. The molecule has 0 fully saturated rings. The normalized spacial score (nSPS) is 11.1. The van der Waals surface area contributed by atoms with Crippen LogP contribution in [0.4, 0.5) is 15.8 Å². The molecule has 0 spiro atoms. The van der Waals surface area contributed by atoms with Gasteiger partial charge in [0.15, 0.2) is 0 Å². The summed E-state index contributed by atoms with van der Waals surface area (Å²) in [6, 6.07) is 11.7. The third-order valence-electron chi connectivity index (χ3n) is 3.17. The van der Waals surface area contributed by atoms with Crippen LogP contribution >= 0.6 is 11.6 Å². The first kappa shape index (κ1) is 18.2. The molecule has 0 aliphatic heterocycles. The van der Waals surface area contributed by atoms with E-state index in [-0.39, 0.29) is 13.0 Å². The maximum Gasteiger partial charge on any atom is 0.232 e. The number of halogens is 2. The molecule has 5 nitrogen and oxygen atoms in total. The van der Waals surface area contributed by atoms with Crippen LogP contribution in [-0.2, 0) is 14.8 Å². The molecule has 128 valence electrons. The number of nitrogens with one attached hydrogen (secondary N) is 1. The number of carbonyl (C=O) groups is 1. The fourth-order valence-electron chi connectivity index (χ4n) is 2.09. The van der Waals surface area contributed by atoms with Gasteiger partial charge in [0.1, 0.15) is 5.82 Å². The van der Waals surface area contributed by atoms with Crippen LogP contribution in [0.5, 0.6) is 0 Å². The number of nitrogens with zero attached hydrogens (tertiary/aromatic N) is 1. The molecular weight excluding hydrogens is 355 g/mol. The van der Waals surface area contributed by atoms with E-state index in [1.165, 1.54) is 18.2 Å². The lowest BCUT2D eigenvalue weighted by atomic mass is 10.3. The van der Waals surface area contributed by atoms with Crippen molar-refractivity contribution >= 4 is 38.9 Å². The van der Waals surface area contributed by atoms with E-state index in [0.717, 1.165) is 10.6 Å². The van der Waals surface area contributed by atoms with E-state index in [0.29, 0.717) is 16.4 Å². The van der Waals surface area contributed by atoms with Crippen molar-refractivity contribution in [2.45, 2.75) is 6.42 Å². The predicted molar refractivity (Wildman–Crippen MR) is 93.3 cm³/mol. The van der Waals surface area contributed by atoms with Gasteiger partial charge in [0.05, 0.1) is 11.9 Å². The quantitative estimate of drug-likeness (QED) is 0.848. The summed E-state index contributed by atoms with van der Waals surface area (Å²) in [7, 11) is -3.56. The van der Waals surface area contributed by atoms with Gasteiger partial charge >= 0.3 is 0 Å². The molecule has 0 aliphatic carbocycles. The monoisotopic (exact) mass is 370 g/mol. The summed E-state index contributed by atoms with van der Waals surface area (Å²) >= 11 is 5.80. The Bertz CT molecular complexity index is 825. The summed E-state index contributed by atoms with van der Waals surface area (Å²) in [5.41, 5.74) is 0.734. The van der Waals surface area contributed by atoms with E-state index in [4.69, 9.17) is 11.6 Å². The van der Waals surface area contributed by atoms with E-state index in [1.54, 1.807) is 30.3 Å². The summed E-state index contributed by atoms with van der Waals surface area (Å²) in [6.45, 7) is -0.0401. The molecule has 0 heterocycles. The Morgan fingerprint density at radius 1 is 1.21 bits per heavy atom. The zero-order valence-electron chi connectivity index (χ0n) is 12.9. The molecule has 0 saturated heterocycles. The lowest BCUT2D eigenvalue weighted by molar-refractivity contribution is -0.116. The first-order chi connectivity index (χ1) is 11.3. The van der Waals surface area contributed by atoms with Crippen molar-refractivity contribution in [3.05, 3.63) is 59.4 Å². The second kappa shape index (κ2) is 7.63. The second-order valence-corrected chi connectivity index (χ2v) is 7.46. The fourth-order valence-corrected chi connectivity index (χ4v) is 3.14. The molecule has 0 atom stereocenters. The van der Waals surface area contributed by atoms with Gasteiger partial charge in [0, 0.05) is 23.7 Å². The summed E-state index contributed by atoms with van der Waals surface area (Å²) in [4.78, 5) is 12.0. The van der Waals surface area contributed by atoms with Crippen LogP contribution in [0, 0.1) is 5.82 Å². The number of hydrogen-bond acceptors (Lipinski definition) is 3. The van der Waals surface area contributed by atoms with Gasteiger partial charge in [-0.15, -0.1) is 0 Å². The highest BCUT2D eigenvalue weighted by Crippen LogP contribution is 2.21. The zero-order chi connectivity index (χ0) is 17.7. The van der Waals surface area contributed by atoms with Crippen molar-refractivity contribution in [2.24, 2.45) is 0 Å². The van der Waals surface area contributed by atoms with Crippen molar-refractivity contribution in [1.29, 1.82) is 0 Å².